The van der Waals surface area contributed by atoms with E-state index in [1.807, 2.05) is 24.8 Å². The zero-order chi connectivity index (χ0) is 16.0. The van der Waals surface area contributed by atoms with Gasteiger partial charge in [0.15, 0.2) is 0 Å². The Bertz CT molecular complexity index is 473. The Morgan fingerprint density at radius 2 is 2.00 bits per heavy atom. The summed E-state index contributed by atoms with van der Waals surface area (Å²) in [5, 5.41) is 0. The van der Waals surface area contributed by atoms with E-state index in [9.17, 15) is 4.79 Å². The molecule has 118 valence electrons. The third-order valence-electron chi connectivity index (χ3n) is 3.14. The van der Waals surface area contributed by atoms with Gasteiger partial charge in [-0.25, -0.2) is 4.98 Å². The number of carbonyl (C=O) groups excluding carboxylic acids is 1. The molecule has 0 aliphatic rings. The lowest BCUT2D eigenvalue weighted by molar-refractivity contribution is 0.0672. The van der Waals surface area contributed by atoms with Crippen molar-refractivity contribution in [2.24, 2.45) is 5.92 Å². The second kappa shape index (κ2) is 7.98. The lowest BCUT2D eigenvalue weighted by Gasteiger charge is -2.24. The Balaban J connectivity index is 3.01. The molecule has 1 rings (SSSR count). The van der Waals surface area contributed by atoms with Gasteiger partial charge in [-0.05, 0) is 24.0 Å². The molecule has 0 aliphatic carbocycles. The highest BCUT2D eigenvalue weighted by molar-refractivity contribution is 5.95. The van der Waals surface area contributed by atoms with Crippen LogP contribution in [0.3, 0.4) is 0 Å². The van der Waals surface area contributed by atoms with Crippen molar-refractivity contribution >= 4 is 11.7 Å². The molecule has 1 heterocycles. The van der Waals surface area contributed by atoms with E-state index in [4.69, 9.17) is 10.5 Å². The van der Waals surface area contributed by atoms with Crippen LogP contribution in [0.5, 0.6) is 0 Å². The number of ether oxygens (including phenoxy) is 1. The van der Waals surface area contributed by atoms with Crippen LogP contribution in [0.1, 0.15) is 49.7 Å². The van der Waals surface area contributed by atoms with Gasteiger partial charge in [0.05, 0.1) is 6.61 Å². The Hall–Kier alpha value is -1.62. The molecular weight excluding hydrogens is 266 g/mol. The fourth-order valence-corrected chi connectivity index (χ4v) is 2.09. The van der Waals surface area contributed by atoms with Crippen molar-refractivity contribution in [3.8, 4) is 0 Å². The van der Waals surface area contributed by atoms with Gasteiger partial charge in [-0.15, -0.1) is 0 Å². The molecule has 0 bridgehead atoms. The molecule has 5 heteroatoms. The molecule has 0 aliphatic heterocycles. The van der Waals surface area contributed by atoms with Crippen molar-refractivity contribution in [1.29, 1.82) is 0 Å². The predicted molar refractivity (Wildman–Crippen MR) is 85.4 cm³/mol. The topological polar surface area (TPSA) is 68.5 Å². The normalized spacial score (nSPS) is 11.2. The fourth-order valence-electron chi connectivity index (χ4n) is 2.09. The SMILES string of the molecule is COCCN(CC(C)C)C(=O)c1cc(N)nc(C(C)C)c1. The standard InChI is InChI=1S/C16H27N3O2/c1-11(2)10-19(6-7-21-5)16(20)13-8-14(12(3)4)18-15(17)9-13/h8-9,11-12H,6-7,10H2,1-5H3,(H2,17,18). The summed E-state index contributed by atoms with van der Waals surface area (Å²) < 4.78 is 5.09. The van der Waals surface area contributed by atoms with E-state index in [1.54, 1.807) is 13.2 Å². The van der Waals surface area contributed by atoms with Gasteiger partial charge in [-0.1, -0.05) is 27.7 Å². The summed E-state index contributed by atoms with van der Waals surface area (Å²) in [6.07, 6.45) is 0. The Morgan fingerprint density at radius 1 is 1.33 bits per heavy atom. The molecule has 0 unspecified atom stereocenters. The average molecular weight is 293 g/mol. The lowest BCUT2D eigenvalue weighted by atomic mass is 10.1. The van der Waals surface area contributed by atoms with E-state index < -0.39 is 0 Å². The van der Waals surface area contributed by atoms with E-state index in [0.29, 0.717) is 37.0 Å². The number of nitrogen functional groups attached to an aromatic ring is 1. The van der Waals surface area contributed by atoms with Crippen LogP contribution in [-0.4, -0.2) is 42.6 Å². The molecule has 1 aromatic rings. The highest BCUT2D eigenvalue weighted by Crippen LogP contribution is 2.18. The van der Waals surface area contributed by atoms with E-state index >= 15 is 0 Å². The third-order valence-corrected chi connectivity index (χ3v) is 3.14. The predicted octanol–water partition coefficient (Wildman–Crippen LogP) is 2.53. The van der Waals surface area contributed by atoms with Gasteiger partial charge in [-0.3, -0.25) is 4.79 Å². The highest BCUT2D eigenvalue weighted by Gasteiger charge is 2.18. The number of carbonyl (C=O) groups is 1. The second-order valence-corrected chi connectivity index (χ2v) is 6.00. The molecule has 0 radical (unpaired) electrons. The first-order chi connectivity index (χ1) is 9.85. The first-order valence-electron chi connectivity index (χ1n) is 7.40. The summed E-state index contributed by atoms with van der Waals surface area (Å²) in [6, 6.07) is 3.48. The maximum atomic E-state index is 12.7. The lowest BCUT2D eigenvalue weighted by Crippen LogP contribution is -2.36. The molecular formula is C16H27N3O2. The third kappa shape index (κ3) is 5.34. The molecule has 0 saturated carbocycles. The van der Waals surface area contributed by atoms with Crippen LogP contribution in [-0.2, 0) is 4.74 Å². The number of hydrogen-bond donors (Lipinski definition) is 1. The van der Waals surface area contributed by atoms with Crippen LogP contribution in [0, 0.1) is 5.92 Å². The molecule has 1 amide bonds. The van der Waals surface area contributed by atoms with Crippen molar-refractivity contribution in [2.75, 3.05) is 32.5 Å². The van der Waals surface area contributed by atoms with E-state index in [0.717, 1.165) is 5.69 Å². The first kappa shape index (κ1) is 17.4. The molecule has 2 N–H and O–H groups in total. The smallest absolute Gasteiger partial charge is 0.254 e. The van der Waals surface area contributed by atoms with Crippen LogP contribution < -0.4 is 5.73 Å². The number of nitrogens with zero attached hydrogens (tertiary/aromatic N) is 2. The van der Waals surface area contributed by atoms with Crippen LogP contribution in [0.15, 0.2) is 12.1 Å². The van der Waals surface area contributed by atoms with Gasteiger partial charge in [0.1, 0.15) is 5.82 Å². The fraction of sp³-hybridized carbons (Fsp3) is 0.625. The summed E-state index contributed by atoms with van der Waals surface area (Å²) in [6.45, 7) is 10.0. The number of methoxy groups -OCH3 is 1. The Morgan fingerprint density at radius 3 is 2.52 bits per heavy atom. The van der Waals surface area contributed by atoms with Crippen LogP contribution >= 0.6 is 0 Å². The average Bonchev–Trinajstić information content (AvgIpc) is 2.41. The molecule has 0 atom stereocenters. The minimum Gasteiger partial charge on any atom is -0.384 e. The van der Waals surface area contributed by atoms with Gasteiger partial charge in [0.25, 0.3) is 5.91 Å². The van der Waals surface area contributed by atoms with Crippen molar-refractivity contribution in [3.63, 3.8) is 0 Å². The second-order valence-electron chi connectivity index (χ2n) is 6.00. The Labute approximate surface area is 127 Å². The monoisotopic (exact) mass is 293 g/mol. The van der Waals surface area contributed by atoms with Gasteiger partial charge in [0, 0.05) is 31.5 Å². The summed E-state index contributed by atoms with van der Waals surface area (Å²) in [7, 11) is 1.64. The molecule has 5 nitrogen and oxygen atoms in total. The zero-order valence-corrected chi connectivity index (χ0v) is 13.7. The largest absolute Gasteiger partial charge is 0.384 e. The molecule has 0 fully saturated rings. The molecule has 1 aromatic heterocycles. The van der Waals surface area contributed by atoms with Crippen molar-refractivity contribution in [2.45, 2.75) is 33.6 Å². The van der Waals surface area contributed by atoms with E-state index in [-0.39, 0.29) is 11.8 Å². The number of hydrogen-bond acceptors (Lipinski definition) is 4. The molecule has 0 saturated heterocycles. The highest BCUT2D eigenvalue weighted by atomic mass is 16.5. The summed E-state index contributed by atoms with van der Waals surface area (Å²) >= 11 is 0. The quantitative estimate of drug-likeness (QED) is 0.838. The van der Waals surface area contributed by atoms with Crippen LogP contribution in [0.2, 0.25) is 0 Å². The van der Waals surface area contributed by atoms with Gasteiger partial charge in [0.2, 0.25) is 0 Å². The molecule has 21 heavy (non-hydrogen) atoms. The van der Waals surface area contributed by atoms with Gasteiger partial charge in [-0.2, -0.15) is 0 Å². The number of aromatic nitrogens is 1. The van der Waals surface area contributed by atoms with Crippen molar-refractivity contribution < 1.29 is 9.53 Å². The van der Waals surface area contributed by atoms with E-state index in [2.05, 4.69) is 18.8 Å². The molecule has 0 aromatic carbocycles. The minimum absolute atomic E-state index is 0.0169. The van der Waals surface area contributed by atoms with Gasteiger partial charge >= 0.3 is 0 Å². The minimum atomic E-state index is -0.0169. The maximum absolute atomic E-state index is 12.7. The van der Waals surface area contributed by atoms with E-state index in [1.165, 1.54) is 0 Å². The van der Waals surface area contributed by atoms with Crippen LogP contribution in [0.25, 0.3) is 0 Å². The van der Waals surface area contributed by atoms with Crippen molar-refractivity contribution in [1.82, 2.24) is 9.88 Å². The van der Waals surface area contributed by atoms with Crippen LogP contribution in [0.4, 0.5) is 5.82 Å². The first-order valence-corrected chi connectivity index (χ1v) is 7.40. The van der Waals surface area contributed by atoms with Gasteiger partial charge < -0.3 is 15.4 Å². The molecule has 0 spiro atoms. The summed E-state index contributed by atoms with van der Waals surface area (Å²) in [5.74, 6) is 1.00. The maximum Gasteiger partial charge on any atom is 0.254 e. The summed E-state index contributed by atoms with van der Waals surface area (Å²) in [5.41, 5.74) is 7.27. The summed E-state index contributed by atoms with van der Waals surface area (Å²) in [4.78, 5) is 18.8. The van der Waals surface area contributed by atoms with Crippen molar-refractivity contribution in [3.05, 3.63) is 23.4 Å². The Kier molecular flexibility index (Phi) is 6.62. The zero-order valence-electron chi connectivity index (χ0n) is 13.7. The number of nitrogens with two attached hydrogens (primary N) is 1. The number of amides is 1. The number of rotatable bonds is 7. The number of anilines is 1. The number of pyridine rings is 1.